The molecule has 0 aliphatic rings. The van der Waals surface area contributed by atoms with Gasteiger partial charge in [-0.15, -0.1) is 0 Å². The third kappa shape index (κ3) is 6.41. The molecule has 2 aromatic carbocycles. The fraction of sp³-hybridized carbons (Fsp3) is 0.462. The van der Waals surface area contributed by atoms with Crippen LogP contribution in [0.15, 0.2) is 48.5 Å². The van der Waals surface area contributed by atoms with Crippen molar-refractivity contribution in [2.24, 2.45) is 0 Å². The monoisotopic (exact) mass is 425 g/mol. The molecule has 168 valence electrons. The lowest BCUT2D eigenvalue weighted by Gasteiger charge is -2.42. The number of likely N-dealkylation sites (N-methyl/N-ethyl adjacent to an activating group) is 1. The van der Waals surface area contributed by atoms with Crippen LogP contribution in [-0.4, -0.2) is 42.0 Å². The van der Waals surface area contributed by atoms with E-state index in [1.165, 1.54) is 0 Å². The summed E-state index contributed by atoms with van der Waals surface area (Å²) in [6, 6.07) is 15.3. The summed E-state index contributed by atoms with van der Waals surface area (Å²) in [5, 5.41) is 3.16. The third-order valence-electron chi connectivity index (χ3n) is 6.20. The molecule has 2 aromatic rings. The molecular formula is C26H37N2O3+. The number of anilines is 1. The average molecular weight is 426 g/mol. The van der Waals surface area contributed by atoms with E-state index in [2.05, 4.69) is 12.2 Å². The SMILES string of the molecule is CCCC(C(=O)Nc1c(C)cccc1C)[N+](CC)(CC)CC(=O)OCc1ccccc1. The highest BCUT2D eigenvalue weighted by Gasteiger charge is 2.41. The first kappa shape index (κ1) is 24.6. The molecule has 1 atom stereocenters. The summed E-state index contributed by atoms with van der Waals surface area (Å²) in [5.41, 5.74) is 3.90. The zero-order valence-electron chi connectivity index (χ0n) is 19.6. The maximum absolute atomic E-state index is 13.5. The smallest absolute Gasteiger partial charge is 0.362 e. The summed E-state index contributed by atoms with van der Waals surface area (Å²) in [4.78, 5) is 26.2. The van der Waals surface area contributed by atoms with Crippen LogP contribution in [0.3, 0.4) is 0 Å². The molecule has 5 heteroatoms. The number of hydrogen-bond donors (Lipinski definition) is 1. The second-order valence-electron chi connectivity index (χ2n) is 8.22. The maximum Gasteiger partial charge on any atom is 0.362 e. The van der Waals surface area contributed by atoms with Gasteiger partial charge in [-0.3, -0.25) is 4.79 Å². The molecule has 2 rings (SSSR count). The second kappa shape index (κ2) is 11.7. The summed E-state index contributed by atoms with van der Waals surface area (Å²) in [6.45, 7) is 12.0. The number of carbonyl (C=O) groups excluding carboxylic acids is 2. The largest absolute Gasteiger partial charge is 0.457 e. The van der Waals surface area contributed by atoms with Gasteiger partial charge < -0.3 is 14.5 Å². The van der Waals surface area contributed by atoms with Gasteiger partial charge in [-0.05, 0) is 50.8 Å². The number of esters is 1. The molecule has 0 bridgehead atoms. The van der Waals surface area contributed by atoms with Crippen molar-refractivity contribution in [1.29, 1.82) is 0 Å². The van der Waals surface area contributed by atoms with Crippen LogP contribution < -0.4 is 5.32 Å². The van der Waals surface area contributed by atoms with Crippen molar-refractivity contribution >= 4 is 17.6 Å². The van der Waals surface area contributed by atoms with Gasteiger partial charge in [0.25, 0.3) is 5.91 Å². The maximum atomic E-state index is 13.5. The zero-order chi connectivity index (χ0) is 22.9. The Morgan fingerprint density at radius 1 is 0.935 bits per heavy atom. The molecule has 1 N–H and O–H groups in total. The molecule has 1 amide bonds. The van der Waals surface area contributed by atoms with Crippen LogP contribution in [0, 0.1) is 13.8 Å². The van der Waals surface area contributed by atoms with Crippen LogP contribution >= 0.6 is 0 Å². The molecule has 5 nitrogen and oxygen atoms in total. The van der Waals surface area contributed by atoms with Gasteiger partial charge in [0, 0.05) is 12.1 Å². The fourth-order valence-corrected chi connectivity index (χ4v) is 4.18. The number of ether oxygens (including phenoxy) is 1. The summed E-state index contributed by atoms with van der Waals surface area (Å²) in [5.74, 6) is -0.299. The van der Waals surface area contributed by atoms with Crippen molar-refractivity contribution in [3.8, 4) is 0 Å². The highest BCUT2D eigenvalue weighted by atomic mass is 16.5. The number of amides is 1. The number of benzene rings is 2. The highest BCUT2D eigenvalue weighted by molar-refractivity contribution is 5.95. The molecule has 0 aliphatic heterocycles. The lowest BCUT2D eigenvalue weighted by molar-refractivity contribution is -0.933. The molecule has 31 heavy (non-hydrogen) atoms. The van der Waals surface area contributed by atoms with Crippen molar-refractivity contribution in [3.63, 3.8) is 0 Å². The van der Waals surface area contributed by atoms with Crippen LogP contribution in [-0.2, 0) is 20.9 Å². The minimum absolute atomic E-state index is 0.0289. The van der Waals surface area contributed by atoms with E-state index in [4.69, 9.17) is 4.74 Å². The predicted molar refractivity (Wildman–Crippen MR) is 126 cm³/mol. The van der Waals surface area contributed by atoms with Crippen molar-refractivity contribution in [1.82, 2.24) is 0 Å². The van der Waals surface area contributed by atoms with Crippen molar-refractivity contribution in [3.05, 3.63) is 65.2 Å². The van der Waals surface area contributed by atoms with Crippen LogP contribution in [0.2, 0.25) is 0 Å². The number of nitrogens with one attached hydrogen (secondary N) is 1. The number of hydrogen-bond acceptors (Lipinski definition) is 3. The first-order valence-corrected chi connectivity index (χ1v) is 11.3. The van der Waals surface area contributed by atoms with E-state index in [9.17, 15) is 9.59 Å². The van der Waals surface area contributed by atoms with Gasteiger partial charge in [0.2, 0.25) is 0 Å². The Morgan fingerprint density at radius 3 is 2.10 bits per heavy atom. The number of quaternary nitrogens is 1. The molecule has 0 heterocycles. The van der Waals surface area contributed by atoms with E-state index in [0.717, 1.165) is 28.8 Å². The van der Waals surface area contributed by atoms with E-state index >= 15 is 0 Å². The van der Waals surface area contributed by atoms with Crippen molar-refractivity contribution in [2.75, 3.05) is 25.0 Å². The van der Waals surface area contributed by atoms with Crippen molar-refractivity contribution < 1.29 is 18.8 Å². The average Bonchev–Trinajstić information content (AvgIpc) is 2.78. The van der Waals surface area contributed by atoms with Crippen molar-refractivity contribution in [2.45, 2.75) is 60.1 Å². The zero-order valence-corrected chi connectivity index (χ0v) is 19.6. The van der Waals surface area contributed by atoms with Gasteiger partial charge in [0.1, 0.15) is 6.61 Å². The third-order valence-corrected chi connectivity index (χ3v) is 6.20. The Labute approximate surface area is 187 Å². The highest BCUT2D eigenvalue weighted by Crippen LogP contribution is 2.24. The fourth-order valence-electron chi connectivity index (χ4n) is 4.18. The standard InChI is InChI=1S/C26H36N2O3/c1-6-13-23(26(30)27-25-20(4)14-12-15-21(25)5)28(7-2,8-3)18-24(29)31-19-22-16-10-9-11-17-22/h9-12,14-17,23H,6-8,13,18-19H2,1-5H3/p+1. The number of rotatable bonds is 11. The molecule has 0 aliphatic carbocycles. The Balaban J connectivity index is 2.19. The van der Waals surface area contributed by atoms with Gasteiger partial charge in [0.05, 0.1) is 13.1 Å². The molecule has 1 unspecified atom stereocenters. The number of para-hydroxylation sites is 1. The topological polar surface area (TPSA) is 55.4 Å². The Hall–Kier alpha value is -2.66. The molecule has 0 radical (unpaired) electrons. The molecular weight excluding hydrogens is 388 g/mol. The summed E-state index contributed by atoms with van der Waals surface area (Å²) < 4.78 is 5.95. The minimum Gasteiger partial charge on any atom is -0.457 e. The Morgan fingerprint density at radius 2 is 1.55 bits per heavy atom. The summed E-state index contributed by atoms with van der Waals surface area (Å²) in [6.07, 6.45) is 1.58. The molecule has 0 spiro atoms. The first-order chi connectivity index (χ1) is 14.9. The molecule has 0 fully saturated rings. The van der Waals surface area contributed by atoms with E-state index in [-0.39, 0.29) is 31.1 Å². The van der Waals surface area contributed by atoms with Gasteiger partial charge in [-0.1, -0.05) is 55.5 Å². The second-order valence-corrected chi connectivity index (χ2v) is 8.22. The number of carbonyl (C=O) groups is 2. The number of aryl methyl sites for hydroxylation is 2. The Bertz CT molecular complexity index is 840. The first-order valence-electron chi connectivity index (χ1n) is 11.3. The molecule has 0 aromatic heterocycles. The van der Waals surface area contributed by atoms with Crippen LogP contribution in [0.1, 0.15) is 50.3 Å². The van der Waals surface area contributed by atoms with Gasteiger partial charge in [-0.25, -0.2) is 4.79 Å². The quantitative estimate of drug-likeness (QED) is 0.407. The van der Waals surface area contributed by atoms with E-state index in [1.54, 1.807) is 0 Å². The summed E-state index contributed by atoms with van der Waals surface area (Å²) in [7, 11) is 0. The van der Waals surface area contributed by atoms with E-state index in [1.807, 2.05) is 76.2 Å². The lowest BCUT2D eigenvalue weighted by Crippen LogP contribution is -2.61. The minimum atomic E-state index is -0.316. The number of nitrogens with zero attached hydrogens (tertiary/aromatic N) is 1. The van der Waals surface area contributed by atoms with Gasteiger partial charge in [-0.2, -0.15) is 0 Å². The van der Waals surface area contributed by atoms with E-state index < -0.39 is 0 Å². The van der Waals surface area contributed by atoms with Gasteiger partial charge >= 0.3 is 5.97 Å². The molecule has 0 saturated carbocycles. The van der Waals surface area contributed by atoms with Gasteiger partial charge in [0.15, 0.2) is 12.6 Å². The normalized spacial score (nSPS) is 12.3. The van der Waals surface area contributed by atoms with Crippen LogP contribution in [0.5, 0.6) is 0 Å². The molecule has 0 saturated heterocycles. The predicted octanol–water partition coefficient (Wildman–Crippen LogP) is 5.01. The lowest BCUT2D eigenvalue weighted by atomic mass is 10.0. The van der Waals surface area contributed by atoms with Crippen LogP contribution in [0.4, 0.5) is 5.69 Å². The Kier molecular flexibility index (Phi) is 9.25. The van der Waals surface area contributed by atoms with Crippen LogP contribution in [0.25, 0.3) is 0 Å². The summed E-state index contributed by atoms with van der Waals surface area (Å²) >= 11 is 0. The van der Waals surface area contributed by atoms with E-state index in [0.29, 0.717) is 24.0 Å².